The quantitative estimate of drug-likeness (QED) is 0.903. The van der Waals surface area contributed by atoms with Crippen molar-refractivity contribution in [1.29, 1.82) is 0 Å². The maximum absolute atomic E-state index is 12.6. The lowest BCUT2D eigenvalue weighted by molar-refractivity contribution is -0.323. The predicted molar refractivity (Wildman–Crippen MR) is 85.9 cm³/mol. The van der Waals surface area contributed by atoms with Crippen LogP contribution in [0.5, 0.6) is 5.75 Å². The Labute approximate surface area is 137 Å². The Hall–Kier alpha value is -2.04. The molecule has 0 radical (unpaired) electrons. The molecule has 2 rings (SSSR count). The number of benzene rings is 1. The van der Waals surface area contributed by atoms with Crippen LogP contribution in [0.25, 0.3) is 0 Å². The van der Waals surface area contributed by atoms with E-state index < -0.39 is 16.8 Å². The SMILES string of the molecule is CCOc1ccc(NC(=O)[C@H]2CC[C@@](C)(C(=O)[O-])C2(C)C)cc1. The molecule has 1 aliphatic carbocycles. The summed E-state index contributed by atoms with van der Waals surface area (Å²) in [6, 6.07) is 7.15. The van der Waals surface area contributed by atoms with Crippen LogP contribution in [-0.4, -0.2) is 18.5 Å². The maximum Gasteiger partial charge on any atom is 0.228 e. The fraction of sp³-hybridized carbons (Fsp3) is 0.556. The first-order valence-electron chi connectivity index (χ1n) is 7.97. The van der Waals surface area contributed by atoms with Gasteiger partial charge < -0.3 is 20.0 Å². The molecule has 0 aliphatic heterocycles. The monoisotopic (exact) mass is 318 g/mol. The second-order valence-corrected chi connectivity index (χ2v) is 6.88. The summed E-state index contributed by atoms with van der Waals surface area (Å²) in [7, 11) is 0. The highest BCUT2D eigenvalue weighted by Gasteiger charge is 2.54. The highest BCUT2D eigenvalue weighted by Crippen LogP contribution is 2.55. The molecule has 1 aliphatic rings. The largest absolute Gasteiger partial charge is 0.550 e. The number of rotatable bonds is 5. The predicted octanol–water partition coefficient (Wildman–Crippen LogP) is 2.22. The zero-order chi connectivity index (χ0) is 17.3. The summed E-state index contributed by atoms with van der Waals surface area (Å²) >= 11 is 0. The Morgan fingerprint density at radius 2 is 1.87 bits per heavy atom. The molecular weight excluding hydrogens is 294 g/mol. The first kappa shape index (κ1) is 17.3. The lowest BCUT2D eigenvalue weighted by atomic mass is 9.65. The van der Waals surface area contributed by atoms with Crippen molar-refractivity contribution in [3.63, 3.8) is 0 Å². The van der Waals surface area contributed by atoms with Gasteiger partial charge in [-0.15, -0.1) is 0 Å². The molecule has 23 heavy (non-hydrogen) atoms. The third-order valence-corrected chi connectivity index (χ3v) is 5.43. The molecule has 1 aromatic carbocycles. The van der Waals surface area contributed by atoms with E-state index >= 15 is 0 Å². The van der Waals surface area contributed by atoms with Crippen LogP contribution in [0.3, 0.4) is 0 Å². The normalized spacial score (nSPS) is 25.8. The van der Waals surface area contributed by atoms with Crippen LogP contribution in [0.4, 0.5) is 5.69 Å². The molecule has 2 atom stereocenters. The third kappa shape index (κ3) is 3.05. The van der Waals surface area contributed by atoms with E-state index in [-0.39, 0.29) is 11.8 Å². The number of hydrogen-bond acceptors (Lipinski definition) is 4. The summed E-state index contributed by atoms with van der Waals surface area (Å²) in [6.45, 7) is 7.83. The van der Waals surface area contributed by atoms with Gasteiger partial charge in [0, 0.05) is 23.0 Å². The van der Waals surface area contributed by atoms with Crippen LogP contribution in [-0.2, 0) is 9.59 Å². The molecule has 0 unspecified atom stereocenters. The Bertz CT molecular complexity index is 594. The summed E-state index contributed by atoms with van der Waals surface area (Å²) < 4.78 is 5.37. The Balaban J connectivity index is 2.11. The number of aliphatic carboxylic acids is 1. The van der Waals surface area contributed by atoms with Crippen LogP contribution in [0.15, 0.2) is 24.3 Å². The van der Waals surface area contributed by atoms with Gasteiger partial charge in [0.1, 0.15) is 5.75 Å². The van der Waals surface area contributed by atoms with Gasteiger partial charge in [-0.1, -0.05) is 20.8 Å². The fourth-order valence-corrected chi connectivity index (χ4v) is 3.36. The fourth-order valence-electron chi connectivity index (χ4n) is 3.36. The molecular formula is C18H24NO4-. The highest BCUT2D eigenvalue weighted by molar-refractivity contribution is 5.94. The number of hydrogen-bond donors (Lipinski definition) is 1. The molecule has 0 heterocycles. The van der Waals surface area contributed by atoms with Crippen LogP contribution < -0.4 is 15.2 Å². The number of ether oxygens (including phenoxy) is 1. The summed E-state index contributed by atoms with van der Waals surface area (Å²) in [5.41, 5.74) is -0.981. The van der Waals surface area contributed by atoms with Gasteiger partial charge in [-0.05, 0) is 49.4 Å². The molecule has 1 N–H and O–H groups in total. The van der Waals surface area contributed by atoms with Crippen LogP contribution in [0.2, 0.25) is 0 Å². The Morgan fingerprint density at radius 3 is 2.35 bits per heavy atom. The number of carboxylic acids is 1. The molecule has 5 nitrogen and oxygen atoms in total. The molecule has 126 valence electrons. The third-order valence-electron chi connectivity index (χ3n) is 5.43. The second kappa shape index (κ2) is 6.22. The van der Waals surface area contributed by atoms with Crippen LogP contribution in [0.1, 0.15) is 40.5 Å². The number of carbonyl (C=O) groups excluding carboxylic acids is 2. The minimum atomic E-state index is -1.08. The van der Waals surface area contributed by atoms with E-state index in [0.717, 1.165) is 5.75 Å². The zero-order valence-corrected chi connectivity index (χ0v) is 14.1. The topological polar surface area (TPSA) is 78.5 Å². The molecule has 1 aromatic rings. The summed E-state index contributed by atoms with van der Waals surface area (Å²) in [4.78, 5) is 24.1. The first-order valence-corrected chi connectivity index (χ1v) is 7.97. The van der Waals surface area contributed by atoms with Gasteiger partial charge in [0.25, 0.3) is 0 Å². The van der Waals surface area contributed by atoms with Gasteiger partial charge in [0.2, 0.25) is 5.91 Å². The van der Waals surface area contributed by atoms with Crippen molar-refractivity contribution in [2.45, 2.75) is 40.5 Å². The first-order chi connectivity index (χ1) is 10.7. The van der Waals surface area contributed by atoms with Crippen molar-refractivity contribution in [1.82, 2.24) is 0 Å². The number of anilines is 1. The molecule has 0 bridgehead atoms. The molecule has 1 fully saturated rings. The number of carbonyl (C=O) groups is 2. The average molecular weight is 318 g/mol. The van der Waals surface area contributed by atoms with E-state index in [1.54, 1.807) is 31.2 Å². The van der Waals surface area contributed by atoms with E-state index in [0.29, 0.717) is 25.1 Å². The minimum absolute atomic E-state index is 0.149. The van der Waals surface area contributed by atoms with Gasteiger partial charge >= 0.3 is 0 Å². The van der Waals surface area contributed by atoms with E-state index in [2.05, 4.69) is 5.32 Å². The molecule has 0 saturated heterocycles. The van der Waals surface area contributed by atoms with Crippen molar-refractivity contribution < 1.29 is 19.4 Å². The molecule has 5 heteroatoms. The van der Waals surface area contributed by atoms with Crippen molar-refractivity contribution >= 4 is 17.6 Å². The standard InChI is InChI=1S/C18H25NO4/c1-5-23-13-8-6-12(7-9-13)19-15(20)14-10-11-18(4,16(21)22)17(14,2)3/h6-9,14H,5,10-11H2,1-4H3,(H,19,20)(H,21,22)/p-1/t14-,18+/m1/s1. The summed E-state index contributed by atoms with van der Waals surface area (Å²) in [6.07, 6.45) is 0.990. The highest BCUT2D eigenvalue weighted by atomic mass is 16.5. The zero-order valence-electron chi connectivity index (χ0n) is 14.1. The van der Waals surface area contributed by atoms with Crippen molar-refractivity contribution in [2.75, 3.05) is 11.9 Å². The van der Waals surface area contributed by atoms with E-state index in [1.165, 1.54) is 0 Å². The van der Waals surface area contributed by atoms with Gasteiger partial charge in [-0.3, -0.25) is 4.79 Å². The van der Waals surface area contributed by atoms with E-state index in [9.17, 15) is 14.7 Å². The van der Waals surface area contributed by atoms with Gasteiger partial charge in [-0.25, -0.2) is 0 Å². The van der Waals surface area contributed by atoms with E-state index in [1.807, 2.05) is 20.8 Å². The van der Waals surface area contributed by atoms with Crippen LogP contribution in [0, 0.1) is 16.7 Å². The number of carboxylic acid groups (broad SMARTS) is 1. The molecule has 1 saturated carbocycles. The lowest BCUT2D eigenvalue weighted by Gasteiger charge is -2.41. The molecule has 0 aromatic heterocycles. The van der Waals surface area contributed by atoms with Crippen molar-refractivity contribution in [3.05, 3.63) is 24.3 Å². The van der Waals surface area contributed by atoms with Gasteiger partial charge in [0.15, 0.2) is 0 Å². The maximum atomic E-state index is 12.6. The Morgan fingerprint density at radius 1 is 1.26 bits per heavy atom. The smallest absolute Gasteiger partial charge is 0.228 e. The minimum Gasteiger partial charge on any atom is -0.550 e. The Kier molecular flexibility index (Phi) is 4.68. The number of amides is 1. The molecule has 1 amide bonds. The second-order valence-electron chi connectivity index (χ2n) is 6.88. The van der Waals surface area contributed by atoms with Crippen molar-refractivity contribution in [3.8, 4) is 5.75 Å². The van der Waals surface area contributed by atoms with Gasteiger partial charge in [-0.2, -0.15) is 0 Å². The summed E-state index contributed by atoms with van der Waals surface area (Å²) in [5, 5.41) is 14.4. The van der Waals surface area contributed by atoms with E-state index in [4.69, 9.17) is 4.74 Å². The number of nitrogens with one attached hydrogen (secondary N) is 1. The molecule has 0 spiro atoms. The van der Waals surface area contributed by atoms with Crippen LogP contribution >= 0.6 is 0 Å². The lowest BCUT2D eigenvalue weighted by Crippen LogP contribution is -2.49. The van der Waals surface area contributed by atoms with Gasteiger partial charge in [0.05, 0.1) is 6.61 Å². The average Bonchev–Trinajstić information content (AvgIpc) is 2.73. The van der Waals surface area contributed by atoms with Crippen molar-refractivity contribution in [2.24, 2.45) is 16.7 Å². The summed E-state index contributed by atoms with van der Waals surface area (Å²) in [5.74, 6) is -0.851.